The van der Waals surface area contributed by atoms with Crippen LogP contribution in [-0.4, -0.2) is 27.7 Å². The molecule has 1 fully saturated rings. The lowest BCUT2D eigenvalue weighted by Crippen LogP contribution is -2.45. The Morgan fingerprint density at radius 3 is 2.94 bits per heavy atom. The molecule has 2 N–H and O–H groups in total. The second kappa shape index (κ2) is 4.26. The molecule has 6 heteroatoms. The number of benzene rings is 1. The number of phenolic OH excluding ortho intramolecular Hbond substituents is 1. The smallest absolute Gasteiger partial charge is 0.266 e. The summed E-state index contributed by atoms with van der Waals surface area (Å²) in [5.41, 5.74) is 0.142. The van der Waals surface area contributed by atoms with E-state index in [0.717, 1.165) is 13.1 Å². The Kier molecular flexibility index (Phi) is 2.72. The minimum absolute atomic E-state index is 0.0536. The highest BCUT2D eigenvalue weighted by Crippen LogP contribution is 2.21. The number of fused-ring (bicyclic) bond motifs is 1. The number of aromatic nitrogens is 2. The highest BCUT2D eigenvalue weighted by atomic mass is 35.5. The minimum atomic E-state index is -0.282. The van der Waals surface area contributed by atoms with E-state index < -0.39 is 0 Å². The summed E-state index contributed by atoms with van der Waals surface area (Å²) in [7, 11) is 0. The molecule has 0 unspecified atom stereocenters. The van der Waals surface area contributed by atoms with Gasteiger partial charge in [0.2, 0.25) is 5.28 Å². The van der Waals surface area contributed by atoms with E-state index in [2.05, 4.69) is 10.3 Å². The highest BCUT2D eigenvalue weighted by Gasteiger charge is 2.20. The molecule has 1 aliphatic rings. The fourth-order valence-corrected chi connectivity index (χ4v) is 2.35. The average molecular weight is 266 g/mol. The molecule has 5 nitrogen and oxygen atoms in total. The largest absolute Gasteiger partial charge is 0.507 e. The summed E-state index contributed by atoms with van der Waals surface area (Å²) in [5.74, 6) is 0.340. The number of phenols is 1. The Morgan fingerprint density at radius 2 is 2.28 bits per heavy atom. The van der Waals surface area contributed by atoms with Crippen molar-refractivity contribution < 1.29 is 5.11 Å². The molecule has 1 aliphatic heterocycles. The lowest BCUT2D eigenvalue weighted by molar-refractivity contribution is 0.303. The quantitative estimate of drug-likeness (QED) is 0.795. The third-order valence-corrected chi connectivity index (χ3v) is 3.51. The Balaban J connectivity index is 2.19. The molecule has 0 saturated carbocycles. The van der Waals surface area contributed by atoms with E-state index in [1.807, 2.05) is 0 Å². The van der Waals surface area contributed by atoms with Crippen LogP contribution in [0.5, 0.6) is 5.75 Å². The van der Waals surface area contributed by atoms with E-state index in [1.165, 1.54) is 10.6 Å². The van der Waals surface area contributed by atoms with Crippen LogP contribution in [0.15, 0.2) is 23.0 Å². The number of hydrogen-bond acceptors (Lipinski definition) is 4. The Hall–Kier alpha value is -1.59. The van der Waals surface area contributed by atoms with E-state index in [1.54, 1.807) is 12.1 Å². The molecule has 1 saturated heterocycles. The highest BCUT2D eigenvalue weighted by molar-refractivity contribution is 6.28. The fraction of sp³-hybridized carbons (Fsp3) is 0.333. The van der Waals surface area contributed by atoms with E-state index in [0.29, 0.717) is 18.0 Å². The lowest BCUT2D eigenvalue weighted by atomic mass is 10.0. The monoisotopic (exact) mass is 265 g/mol. The van der Waals surface area contributed by atoms with Crippen LogP contribution in [-0.2, 0) is 6.54 Å². The molecule has 0 bridgehead atoms. The third-order valence-electron chi connectivity index (χ3n) is 3.22. The maximum Gasteiger partial charge on any atom is 0.266 e. The summed E-state index contributed by atoms with van der Waals surface area (Å²) in [6.45, 7) is 2.28. The maximum absolute atomic E-state index is 12.3. The molecule has 0 spiro atoms. The Morgan fingerprint density at radius 1 is 1.50 bits per heavy atom. The maximum atomic E-state index is 12.3. The topological polar surface area (TPSA) is 67.1 Å². The van der Waals surface area contributed by atoms with Gasteiger partial charge in [0.15, 0.2) is 0 Å². The SMILES string of the molecule is O=c1c2c(O)cccc2nc(Cl)n1CC1CNC1. The van der Waals surface area contributed by atoms with Gasteiger partial charge in [-0.15, -0.1) is 0 Å². The van der Waals surface area contributed by atoms with Crippen LogP contribution in [0, 0.1) is 5.92 Å². The first-order valence-electron chi connectivity index (χ1n) is 5.75. The van der Waals surface area contributed by atoms with Crippen LogP contribution in [0.25, 0.3) is 10.9 Å². The molecule has 1 aromatic heterocycles. The zero-order chi connectivity index (χ0) is 12.7. The van der Waals surface area contributed by atoms with Gasteiger partial charge in [0.05, 0.1) is 5.52 Å². The van der Waals surface area contributed by atoms with E-state index in [9.17, 15) is 9.90 Å². The molecule has 3 rings (SSSR count). The summed E-state index contributed by atoms with van der Waals surface area (Å²) >= 11 is 6.04. The van der Waals surface area contributed by atoms with Gasteiger partial charge in [-0.2, -0.15) is 0 Å². The van der Waals surface area contributed by atoms with Crippen molar-refractivity contribution in [3.05, 3.63) is 33.8 Å². The summed E-state index contributed by atoms with van der Waals surface area (Å²) in [6, 6.07) is 4.78. The summed E-state index contributed by atoms with van der Waals surface area (Å²) in [4.78, 5) is 16.5. The summed E-state index contributed by atoms with van der Waals surface area (Å²) < 4.78 is 1.43. The van der Waals surface area contributed by atoms with Crippen LogP contribution in [0.3, 0.4) is 0 Å². The van der Waals surface area contributed by atoms with Crippen LogP contribution >= 0.6 is 11.6 Å². The first kappa shape index (κ1) is 11.5. The van der Waals surface area contributed by atoms with Crippen molar-refractivity contribution in [3.8, 4) is 5.75 Å². The average Bonchev–Trinajstić information content (AvgIpc) is 2.26. The minimum Gasteiger partial charge on any atom is -0.507 e. The molecule has 0 amide bonds. The van der Waals surface area contributed by atoms with Gasteiger partial charge in [-0.25, -0.2) is 4.98 Å². The number of hydrogen-bond donors (Lipinski definition) is 2. The predicted octanol–water partition coefficient (Wildman–Crippen LogP) is 0.975. The molecule has 1 aromatic carbocycles. The molecule has 0 atom stereocenters. The van der Waals surface area contributed by atoms with E-state index in [-0.39, 0.29) is 22.0 Å². The van der Waals surface area contributed by atoms with Crippen LogP contribution in [0.1, 0.15) is 0 Å². The molecular formula is C12H12ClN3O2. The summed E-state index contributed by atoms with van der Waals surface area (Å²) in [5, 5.41) is 13.3. The zero-order valence-electron chi connectivity index (χ0n) is 9.56. The first-order chi connectivity index (χ1) is 8.66. The summed E-state index contributed by atoms with van der Waals surface area (Å²) in [6.07, 6.45) is 0. The van der Waals surface area contributed by atoms with Gasteiger partial charge in [-0.05, 0) is 23.7 Å². The van der Waals surface area contributed by atoms with E-state index >= 15 is 0 Å². The van der Waals surface area contributed by atoms with Crippen molar-refractivity contribution in [2.45, 2.75) is 6.54 Å². The lowest BCUT2D eigenvalue weighted by Gasteiger charge is -2.27. The number of nitrogens with one attached hydrogen (secondary N) is 1. The number of nitrogens with zero attached hydrogens (tertiary/aromatic N) is 2. The van der Waals surface area contributed by atoms with Gasteiger partial charge in [-0.1, -0.05) is 6.07 Å². The second-order valence-corrected chi connectivity index (χ2v) is 4.83. The molecule has 2 aromatic rings. The molecule has 18 heavy (non-hydrogen) atoms. The van der Waals surface area contributed by atoms with Crippen molar-refractivity contribution in [2.24, 2.45) is 5.92 Å². The van der Waals surface area contributed by atoms with Gasteiger partial charge < -0.3 is 10.4 Å². The molecule has 0 radical (unpaired) electrons. The van der Waals surface area contributed by atoms with Gasteiger partial charge in [0, 0.05) is 25.6 Å². The molecule has 2 heterocycles. The zero-order valence-corrected chi connectivity index (χ0v) is 10.3. The van der Waals surface area contributed by atoms with Gasteiger partial charge in [0.1, 0.15) is 11.1 Å². The standard InChI is InChI=1S/C12H12ClN3O2/c13-12-15-8-2-1-3-9(17)10(8)11(18)16(12)6-7-4-14-5-7/h1-3,7,14,17H,4-6H2. The Labute approximate surface area is 108 Å². The van der Waals surface area contributed by atoms with Gasteiger partial charge >= 0.3 is 0 Å². The predicted molar refractivity (Wildman–Crippen MR) is 69.0 cm³/mol. The number of rotatable bonds is 2. The van der Waals surface area contributed by atoms with Gasteiger partial charge in [-0.3, -0.25) is 9.36 Å². The van der Waals surface area contributed by atoms with E-state index in [4.69, 9.17) is 11.6 Å². The normalized spacial score (nSPS) is 15.8. The Bertz CT molecular complexity index is 664. The van der Waals surface area contributed by atoms with Crippen molar-refractivity contribution in [1.82, 2.24) is 14.9 Å². The first-order valence-corrected chi connectivity index (χ1v) is 6.13. The molecule has 0 aliphatic carbocycles. The van der Waals surface area contributed by atoms with Crippen molar-refractivity contribution in [3.63, 3.8) is 0 Å². The number of halogens is 1. The van der Waals surface area contributed by atoms with Crippen molar-refractivity contribution >= 4 is 22.5 Å². The van der Waals surface area contributed by atoms with Crippen LogP contribution in [0.4, 0.5) is 0 Å². The second-order valence-electron chi connectivity index (χ2n) is 4.49. The fourth-order valence-electron chi connectivity index (χ4n) is 2.11. The van der Waals surface area contributed by atoms with Crippen LogP contribution in [0.2, 0.25) is 5.28 Å². The molecular weight excluding hydrogens is 254 g/mol. The van der Waals surface area contributed by atoms with Gasteiger partial charge in [0.25, 0.3) is 5.56 Å². The molecule has 94 valence electrons. The van der Waals surface area contributed by atoms with Crippen molar-refractivity contribution in [1.29, 1.82) is 0 Å². The van der Waals surface area contributed by atoms with Crippen molar-refractivity contribution in [2.75, 3.05) is 13.1 Å². The van der Waals surface area contributed by atoms with Crippen LogP contribution < -0.4 is 10.9 Å². The third kappa shape index (κ3) is 1.76. The number of aromatic hydroxyl groups is 1.